The standard InChI is InChI=1S/C15H17N3O3/c1-10(2)18-9-5-6-11(15(18)20)14(19)17-13-12(21-3)7-4-8-16-13/h4-10H,1-3H3,(H,16,17,19). The highest BCUT2D eigenvalue weighted by molar-refractivity contribution is 6.04. The van der Waals surface area contributed by atoms with Gasteiger partial charge in [0.1, 0.15) is 5.56 Å². The molecule has 2 rings (SSSR count). The van der Waals surface area contributed by atoms with Gasteiger partial charge in [0.15, 0.2) is 11.6 Å². The van der Waals surface area contributed by atoms with Gasteiger partial charge in [0.2, 0.25) is 0 Å². The number of hydrogen-bond donors (Lipinski definition) is 1. The fraction of sp³-hybridized carbons (Fsp3) is 0.267. The van der Waals surface area contributed by atoms with Gasteiger partial charge in [0, 0.05) is 18.4 Å². The first-order valence-corrected chi connectivity index (χ1v) is 6.56. The number of amides is 1. The molecular weight excluding hydrogens is 270 g/mol. The van der Waals surface area contributed by atoms with E-state index in [1.54, 1.807) is 24.4 Å². The van der Waals surface area contributed by atoms with Crippen LogP contribution in [0.15, 0.2) is 41.5 Å². The van der Waals surface area contributed by atoms with Crippen LogP contribution in [0.5, 0.6) is 5.75 Å². The van der Waals surface area contributed by atoms with Crippen molar-refractivity contribution in [3.63, 3.8) is 0 Å². The Morgan fingerprint density at radius 1 is 1.33 bits per heavy atom. The Morgan fingerprint density at radius 2 is 2.10 bits per heavy atom. The molecule has 0 saturated carbocycles. The molecular formula is C15H17N3O3. The van der Waals surface area contributed by atoms with Gasteiger partial charge in [0.25, 0.3) is 11.5 Å². The van der Waals surface area contributed by atoms with Crippen LogP contribution in [-0.2, 0) is 0 Å². The molecule has 2 heterocycles. The predicted molar refractivity (Wildman–Crippen MR) is 79.8 cm³/mol. The third kappa shape index (κ3) is 3.10. The molecule has 0 atom stereocenters. The summed E-state index contributed by atoms with van der Waals surface area (Å²) in [5, 5.41) is 2.60. The summed E-state index contributed by atoms with van der Waals surface area (Å²) in [6, 6.07) is 6.52. The van der Waals surface area contributed by atoms with Crippen LogP contribution in [-0.4, -0.2) is 22.6 Å². The Morgan fingerprint density at radius 3 is 2.76 bits per heavy atom. The maximum Gasteiger partial charge on any atom is 0.263 e. The van der Waals surface area contributed by atoms with Crippen LogP contribution in [0.3, 0.4) is 0 Å². The molecule has 0 radical (unpaired) electrons. The number of carbonyl (C=O) groups is 1. The molecule has 0 saturated heterocycles. The quantitative estimate of drug-likeness (QED) is 0.934. The number of nitrogens with one attached hydrogen (secondary N) is 1. The summed E-state index contributed by atoms with van der Waals surface area (Å²) in [7, 11) is 1.49. The number of hydrogen-bond acceptors (Lipinski definition) is 4. The van der Waals surface area contributed by atoms with Crippen molar-refractivity contribution in [3.8, 4) is 5.75 Å². The lowest BCUT2D eigenvalue weighted by molar-refractivity contribution is 0.102. The van der Waals surface area contributed by atoms with Crippen molar-refractivity contribution in [2.45, 2.75) is 19.9 Å². The van der Waals surface area contributed by atoms with Crippen molar-refractivity contribution >= 4 is 11.7 Å². The number of aromatic nitrogens is 2. The van der Waals surface area contributed by atoms with E-state index in [1.807, 2.05) is 13.8 Å². The zero-order chi connectivity index (χ0) is 15.4. The average Bonchev–Trinajstić information content (AvgIpc) is 2.47. The second-order valence-electron chi connectivity index (χ2n) is 4.74. The largest absolute Gasteiger partial charge is 0.493 e. The fourth-order valence-electron chi connectivity index (χ4n) is 1.91. The molecule has 0 aliphatic carbocycles. The Balaban J connectivity index is 2.33. The number of nitrogens with zero attached hydrogens (tertiary/aromatic N) is 2. The Labute approximate surface area is 122 Å². The molecule has 0 unspecified atom stereocenters. The number of ether oxygens (including phenoxy) is 1. The molecule has 2 aromatic heterocycles. The Hall–Kier alpha value is -2.63. The molecule has 0 aliphatic rings. The minimum atomic E-state index is -0.507. The molecule has 0 aliphatic heterocycles. The Kier molecular flexibility index (Phi) is 4.37. The molecule has 110 valence electrons. The maximum absolute atomic E-state index is 12.3. The van der Waals surface area contributed by atoms with E-state index in [0.717, 1.165) is 0 Å². The summed E-state index contributed by atoms with van der Waals surface area (Å²) < 4.78 is 6.62. The number of rotatable bonds is 4. The van der Waals surface area contributed by atoms with Crippen LogP contribution in [0.25, 0.3) is 0 Å². The first kappa shape index (κ1) is 14.8. The van der Waals surface area contributed by atoms with Crippen molar-refractivity contribution < 1.29 is 9.53 Å². The van der Waals surface area contributed by atoms with Crippen LogP contribution in [0.2, 0.25) is 0 Å². The van der Waals surface area contributed by atoms with E-state index in [9.17, 15) is 9.59 Å². The normalized spacial score (nSPS) is 10.5. The van der Waals surface area contributed by atoms with Gasteiger partial charge in [-0.05, 0) is 38.1 Å². The van der Waals surface area contributed by atoms with Gasteiger partial charge in [-0.3, -0.25) is 9.59 Å². The lowest BCUT2D eigenvalue weighted by Crippen LogP contribution is -2.29. The lowest BCUT2D eigenvalue weighted by Gasteiger charge is -2.12. The van der Waals surface area contributed by atoms with Crippen molar-refractivity contribution in [3.05, 3.63) is 52.6 Å². The minimum absolute atomic E-state index is 0.0189. The van der Waals surface area contributed by atoms with Gasteiger partial charge in [-0.1, -0.05) is 0 Å². The van der Waals surface area contributed by atoms with Gasteiger partial charge in [0.05, 0.1) is 7.11 Å². The average molecular weight is 287 g/mol. The SMILES string of the molecule is COc1cccnc1NC(=O)c1cccn(C(C)C)c1=O. The summed E-state index contributed by atoms with van der Waals surface area (Å²) in [4.78, 5) is 28.5. The van der Waals surface area contributed by atoms with Crippen molar-refractivity contribution in [1.29, 1.82) is 0 Å². The maximum atomic E-state index is 12.3. The third-order valence-corrected chi connectivity index (χ3v) is 3.00. The molecule has 6 heteroatoms. The molecule has 1 N–H and O–H groups in total. The van der Waals surface area contributed by atoms with E-state index in [4.69, 9.17) is 4.74 Å². The van der Waals surface area contributed by atoms with Gasteiger partial charge in [-0.2, -0.15) is 0 Å². The first-order valence-electron chi connectivity index (χ1n) is 6.56. The lowest BCUT2D eigenvalue weighted by atomic mass is 10.2. The van der Waals surface area contributed by atoms with Gasteiger partial charge < -0.3 is 14.6 Å². The minimum Gasteiger partial charge on any atom is -0.493 e. The molecule has 6 nitrogen and oxygen atoms in total. The van der Waals surface area contributed by atoms with Gasteiger partial charge >= 0.3 is 0 Å². The van der Waals surface area contributed by atoms with Gasteiger partial charge in [-0.15, -0.1) is 0 Å². The van der Waals surface area contributed by atoms with E-state index in [0.29, 0.717) is 5.75 Å². The van der Waals surface area contributed by atoms with E-state index < -0.39 is 5.91 Å². The molecule has 1 amide bonds. The highest BCUT2D eigenvalue weighted by Crippen LogP contribution is 2.20. The summed E-state index contributed by atoms with van der Waals surface area (Å²) in [6.45, 7) is 3.76. The summed E-state index contributed by atoms with van der Waals surface area (Å²) >= 11 is 0. The molecule has 2 aromatic rings. The topological polar surface area (TPSA) is 73.2 Å². The van der Waals surface area contributed by atoms with Crippen LogP contribution >= 0.6 is 0 Å². The van der Waals surface area contributed by atoms with Crippen LogP contribution in [0.4, 0.5) is 5.82 Å². The van der Waals surface area contributed by atoms with Crippen LogP contribution in [0.1, 0.15) is 30.2 Å². The van der Waals surface area contributed by atoms with Crippen LogP contribution < -0.4 is 15.6 Å². The van der Waals surface area contributed by atoms with Gasteiger partial charge in [-0.25, -0.2) is 4.98 Å². The van der Waals surface area contributed by atoms with E-state index in [2.05, 4.69) is 10.3 Å². The summed E-state index contributed by atoms with van der Waals surface area (Å²) in [6.07, 6.45) is 3.20. The zero-order valence-electron chi connectivity index (χ0n) is 12.2. The predicted octanol–water partition coefficient (Wildman–Crippen LogP) is 2.09. The van der Waals surface area contributed by atoms with E-state index in [1.165, 1.54) is 23.9 Å². The van der Waals surface area contributed by atoms with Crippen molar-refractivity contribution in [1.82, 2.24) is 9.55 Å². The number of anilines is 1. The molecule has 0 fully saturated rings. The number of pyridine rings is 2. The summed E-state index contributed by atoms with van der Waals surface area (Å²) in [5.74, 6) is 0.210. The third-order valence-electron chi connectivity index (χ3n) is 3.00. The highest BCUT2D eigenvalue weighted by Gasteiger charge is 2.15. The molecule has 0 aromatic carbocycles. The van der Waals surface area contributed by atoms with Crippen LogP contribution in [0, 0.1) is 0 Å². The molecule has 21 heavy (non-hydrogen) atoms. The van der Waals surface area contributed by atoms with Crippen molar-refractivity contribution in [2.24, 2.45) is 0 Å². The smallest absolute Gasteiger partial charge is 0.263 e. The Bertz CT molecular complexity index is 707. The van der Waals surface area contributed by atoms with E-state index in [-0.39, 0.29) is 23.0 Å². The highest BCUT2D eigenvalue weighted by atomic mass is 16.5. The fourth-order valence-corrected chi connectivity index (χ4v) is 1.91. The van der Waals surface area contributed by atoms with E-state index >= 15 is 0 Å². The first-order chi connectivity index (χ1) is 10.0. The van der Waals surface area contributed by atoms with Crippen molar-refractivity contribution in [2.75, 3.05) is 12.4 Å². The second kappa shape index (κ2) is 6.21. The number of methoxy groups -OCH3 is 1. The zero-order valence-corrected chi connectivity index (χ0v) is 12.2. The monoisotopic (exact) mass is 287 g/mol. The molecule has 0 bridgehead atoms. The summed E-state index contributed by atoms with van der Waals surface area (Å²) in [5.41, 5.74) is -0.265. The molecule has 0 spiro atoms. The number of carbonyl (C=O) groups excluding carboxylic acids is 1. The second-order valence-corrected chi connectivity index (χ2v) is 4.74.